The summed E-state index contributed by atoms with van der Waals surface area (Å²) in [6.45, 7) is 7.35. The fourth-order valence-electron chi connectivity index (χ4n) is 5.59. The van der Waals surface area contributed by atoms with E-state index >= 15 is 0 Å². The Morgan fingerprint density at radius 1 is 1.10 bits per heavy atom. The van der Waals surface area contributed by atoms with Crippen molar-refractivity contribution in [2.45, 2.75) is 45.4 Å². The Morgan fingerprint density at radius 2 is 1.90 bits per heavy atom. The summed E-state index contributed by atoms with van der Waals surface area (Å²) in [5.74, 6) is 1.51. The van der Waals surface area contributed by atoms with Crippen molar-refractivity contribution in [3.63, 3.8) is 0 Å². The second-order valence-corrected chi connectivity index (χ2v) is 11.3. The smallest absolute Gasteiger partial charge is 0.253 e. The number of aromatic nitrogens is 4. The largest absolute Gasteiger partial charge is 0.497 e. The molecule has 0 aliphatic carbocycles. The molecule has 2 N–H and O–H groups in total. The maximum absolute atomic E-state index is 13.0. The van der Waals surface area contributed by atoms with Gasteiger partial charge in [-0.05, 0) is 75.2 Å². The van der Waals surface area contributed by atoms with E-state index in [0.717, 1.165) is 56.5 Å². The highest BCUT2D eigenvalue weighted by Crippen LogP contribution is 2.34. The standard InChI is InChI=1S/C32H34N6O3/c1-20-25(9-10-28-27(20)17-35-38(28)19-32(2,3)40)30-26-15-29(34-16-22(26)11-13-33-30)36-23-12-14-37(18-23)31(39)21-5-7-24(41-4)8-6-21/h5-11,13,15-17,23,40H,12,14,18-19H2,1-4H3,(H,34,36). The highest BCUT2D eigenvalue weighted by Gasteiger charge is 2.27. The molecule has 0 saturated carbocycles. The Hall–Kier alpha value is -4.50. The van der Waals surface area contributed by atoms with Crippen LogP contribution in [0.4, 0.5) is 5.82 Å². The summed E-state index contributed by atoms with van der Waals surface area (Å²) >= 11 is 0. The highest BCUT2D eigenvalue weighted by atomic mass is 16.5. The second kappa shape index (κ2) is 10.5. The topological polar surface area (TPSA) is 105 Å². The summed E-state index contributed by atoms with van der Waals surface area (Å²) in [6, 6.07) is 15.5. The zero-order valence-electron chi connectivity index (χ0n) is 23.8. The number of amides is 1. The molecule has 6 rings (SSSR count). The van der Waals surface area contributed by atoms with E-state index in [4.69, 9.17) is 9.72 Å². The Bertz CT molecular complexity index is 1740. The van der Waals surface area contributed by atoms with Gasteiger partial charge in [-0.15, -0.1) is 0 Å². The predicted molar refractivity (Wildman–Crippen MR) is 160 cm³/mol. The molecule has 3 aromatic heterocycles. The van der Waals surface area contributed by atoms with Crippen LogP contribution in [-0.4, -0.2) is 67.5 Å². The quantitative estimate of drug-likeness (QED) is 0.292. The van der Waals surface area contributed by atoms with Crippen molar-refractivity contribution in [3.05, 3.63) is 78.2 Å². The number of likely N-dealkylation sites (tertiary alicyclic amines) is 1. The minimum atomic E-state index is -0.863. The maximum Gasteiger partial charge on any atom is 0.253 e. The number of benzene rings is 2. The summed E-state index contributed by atoms with van der Waals surface area (Å²) in [7, 11) is 1.61. The molecule has 0 radical (unpaired) electrons. The van der Waals surface area contributed by atoms with E-state index in [2.05, 4.69) is 28.4 Å². The van der Waals surface area contributed by atoms with E-state index in [9.17, 15) is 9.90 Å². The lowest BCUT2D eigenvalue weighted by Gasteiger charge is -2.18. The van der Waals surface area contributed by atoms with Gasteiger partial charge in [0.2, 0.25) is 0 Å². The first kappa shape index (κ1) is 26.7. The van der Waals surface area contributed by atoms with Crippen molar-refractivity contribution in [2.24, 2.45) is 0 Å². The zero-order valence-corrected chi connectivity index (χ0v) is 23.8. The molecule has 1 aliphatic heterocycles. The number of carbonyl (C=O) groups is 1. The van der Waals surface area contributed by atoms with Crippen LogP contribution in [-0.2, 0) is 6.54 Å². The summed E-state index contributed by atoms with van der Waals surface area (Å²) < 4.78 is 7.05. The zero-order chi connectivity index (χ0) is 28.7. The number of methoxy groups -OCH3 is 1. The SMILES string of the molecule is COc1ccc(C(=O)N2CCC(Nc3cc4c(-c5ccc6c(cnn6CC(C)(C)O)c5C)nccc4cn3)C2)cc1. The van der Waals surface area contributed by atoms with Gasteiger partial charge >= 0.3 is 0 Å². The molecular formula is C32H34N6O3. The van der Waals surface area contributed by atoms with Crippen LogP contribution in [0.5, 0.6) is 5.75 Å². The minimum Gasteiger partial charge on any atom is -0.497 e. The second-order valence-electron chi connectivity index (χ2n) is 11.3. The number of fused-ring (bicyclic) bond motifs is 2. The third-order valence-corrected chi connectivity index (χ3v) is 7.70. The van der Waals surface area contributed by atoms with E-state index in [1.807, 2.05) is 58.5 Å². The fraction of sp³-hybridized carbons (Fsp3) is 0.312. The molecule has 2 aromatic carbocycles. The number of aryl methyl sites for hydroxylation is 1. The summed E-state index contributed by atoms with van der Waals surface area (Å²) in [4.78, 5) is 24.4. The van der Waals surface area contributed by atoms with Gasteiger partial charge < -0.3 is 20.1 Å². The molecule has 5 aromatic rings. The summed E-state index contributed by atoms with van der Waals surface area (Å²) in [5, 5.41) is 21.4. The lowest BCUT2D eigenvalue weighted by molar-refractivity contribution is 0.0591. The molecule has 9 heteroatoms. The van der Waals surface area contributed by atoms with Crippen molar-refractivity contribution in [3.8, 4) is 17.0 Å². The lowest BCUT2D eigenvalue weighted by Crippen LogP contribution is -2.31. The van der Waals surface area contributed by atoms with E-state index < -0.39 is 5.60 Å². The normalized spacial score (nSPS) is 15.5. The van der Waals surface area contributed by atoms with Crippen molar-refractivity contribution in [2.75, 3.05) is 25.5 Å². The molecule has 0 spiro atoms. The molecule has 0 bridgehead atoms. The number of carbonyl (C=O) groups excluding carboxylic acids is 1. The third-order valence-electron chi connectivity index (χ3n) is 7.70. The lowest BCUT2D eigenvalue weighted by atomic mass is 9.98. The van der Waals surface area contributed by atoms with Crippen molar-refractivity contribution < 1.29 is 14.6 Å². The number of nitrogens with zero attached hydrogens (tertiary/aromatic N) is 5. The highest BCUT2D eigenvalue weighted by molar-refractivity contribution is 5.99. The van der Waals surface area contributed by atoms with Gasteiger partial charge in [-0.1, -0.05) is 6.07 Å². The molecule has 4 heterocycles. The van der Waals surface area contributed by atoms with Gasteiger partial charge in [-0.3, -0.25) is 14.5 Å². The number of hydrogen-bond donors (Lipinski definition) is 2. The van der Waals surface area contributed by atoms with E-state index in [1.165, 1.54) is 0 Å². The number of ether oxygens (including phenoxy) is 1. The monoisotopic (exact) mass is 550 g/mol. The van der Waals surface area contributed by atoms with Gasteiger partial charge in [0.15, 0.2) is 0 Å². The summed E-state index contributed by atoms with van der Waals surface area (Å²) in [5.41, 5.74) is 3.76. The van der Waals surface area contributed by atoms with Gasteiger partial charge in [0.1, 0.15) is 11.6 Å². The average Bonchev–Trinajstić information content (AvgIpc) is 3.59. The van der Waals surface area contributed by atoms with Gasteiger partial charge in [0.25, 0.3) is 5.91 Å². The molecule has 1 unspecified atom stereocenters. The number of aliphatic hydroxyl groups is 1. The Morgan fingerprint density at radius 3 is 2.66 bits per heavy atom. The number of nitrogens with one attached hydrogen (secondary N) is 1. The van der Waals surface area contributed by atoms with Crippen LogP contribution in [0, 0.1) is 6.92 Å². The van der Waals surface area contributed by atoms with Crippen LogP contribution in [0.3, 0.4) is 0 Å². The molecule has 9 nitrogen and oxygen atoms in total. The van der Waals surface area contributed by atoms with Crippen LogP contribution in [0.25, 0.3) is 32.9 Å². The van der Waals surface area contributed by atoms with Crippen LogP contribution in [0.1, 0.15) is 36.2 Å². The minimum absolute atomic E-state index is 0.0200. The molecular weight excluding hydrogens is 516 g/mol. The molecule has 1 fully saturated rings. The Balaban J connectivity index is 1.24. The molecule has 1 saturated heterocycles. The van der Waals surface area contributed by atoms with Crippen molar-refractivity contribution in [1.29, 1.82) is 0 Å². The number of anilines is 1. The third kappa shape index (κ3) is 5.32. The van der Waals surface area contributed by atoms with Crippen LogP contribution in [0.2, 0.25) is 0 Å². The van der Waals surface area contributed by atoms with E-state index in [0.29, 0.717) is 25.2 Å². The summed E-state index contributed by atoms with van der Waals surface area (Å²) in [6.07, 6.45) is 6.38. The van der Waals surface area contributed by atoms with Gasteiger partial charge in [0.05, 0.1) is 36.7 Å². The van der Waals surface area contributed by atoms with Crippen LogP contribution in [0.15, 0.2) is 67.1 Å². The first-order chi connectivity index (χ1) is 19.7. The fourth-order valence-corrected chi connectivity index (χ4v) is 5.59. The molecule has 41 heavy (non-hydrogen) atoms. The number of rotatable bonds is 7. The average molecular weight is 551 g/mol. The first-order valence-corrected chi connectivity index (χ1v) is 13.8. The van der Waals surface area contributed by atoms with Crippen molar-refractivity contribution in [1.82, 2.24) is 24.6 Å². The van der Waals surface area contributed by atoms with E-state index in [1.54, 1.807) is 33.1 Å². The Labute approximate surface area is 238 Å². The van der Waals surface area contributed by atoms with Crippen molar-refractivity contribution >= 4 is 33.4 Å². The van der Waals surface area contributed by atoms with Gasteiger partial charge in [0, 0.05) is 58.8 Å². The van der Waals surface area contributed by atoms with Gasteiger partial charge in [-0.25, -0.2) is 4.98 Å². The predicted octanol–water partition coefficient (Wildman–Crippen LogP) is 5.06. The number of hydrogen-bond acceptors (Lipinski definition) is 7. The van der Waals surface area contributed by atoms with Crippen LogP contribution < -0.4 is 10.1 Å². The van der Waals surface area contributed by atoms with Gasteiger partial charge in [-0.2, -0.15) is 5.10 Å². The van der Waals surface area contributed by atoms with E-state index in [-0.39, 0.29) is 11.9 Å². The molecule has 1 aliphatic rings. The molecule has 1 amide bonds. The first-order valence-electron chi connectivity index (χ1n) is 13.8. The molecule has 210 valence electrons. The molecule has 1 atom stereocenters. The Kier molecular flexibility index (Phi) is 6.83. The number of pyridine rings is 2. The maximum atomic E-state index is 13.0. The van der Waals surface area contributed by atoms with Crippen LogP contribution >= 0.6 is 0 Å².